The number of Topliss-reactive ketones (excluding diaryl/α,β-unsaturated/α-hetero) is 1. The summed E-state index contributed by atoms with van der Waals surface area (Å²) in [6, 6.07) is 15.2. The highest BCUT2D eigenvalue weighted by Gasteiger charge is 2.67. The Morgan fingerprint density at radius 1 is 0.897 bits per heavy atom. The maximum atomic E-state index is 15.9. The molecule has 3 aromatic carbocycles. The largest absolute Gasteiger partial charge is 0.507 e. The van der Waals surface area contributed by atoms with Gasteiger partial charge in [0, 0.05) is 79.6 Å². The van der Waals surface area contributed by atoms with Crippen molar-refractivity contribution in [3.63, 3.8) is 0 Å². The van der Waals surface area contributed by atoms with Gasteiger partial charge in [-0.25, -0.2) is 4.79 Å². The Balaban J connectivity index is 1.14. The number of fused-ring (bicyclic) bond motifs is 10. The van der Waals surface area contributed by atoms with Gasteiger partial charge in [0.1, 0.15) is 40.7 Å². The van der Waals surface area contributed by atoms with E-state index >= 15 is 4.79 Å². The molecule has 8 aliphatic rings. The number of anilines is 1. The summed E-state index contributed by atoms with van der Waals surface area (Å²) < 4.78 is 18.4. The molecule has 414 valence electrons. The molecule has 8 N–H and O–H groups in total. The number of aromatic hydroxyl groups is 1. The fraction of sp³-hybridized carbons (Fsp3) is 0.547. The van der Waals surface area contributed by atoms with Crippen LogP contribution in [0, 0.1) is 53.3 Å². The molecule has 3 aromatic rings. The number of aliphatic hydroxyl groups is 5. The Morgan fingerprint density at radius 2 is 1.68 bits per heavy atom. The number of nitrogens with one attached hydrogen (secondary N) is 2. The van der Waals surface area contributed by atoms with E-state index in [0.29, 0.717) is 58.5 Å². The van der Waals surface area contributed by atoms with Crippen LogP contribution in [0.5, 0.6) is 11.5 Å². The second-order valence-electron chi connectivity index (χ2n) is 24.1. The van der Waals surface area contributed by atoms with Crippen LogP contribution in [-0.4, -0.2) is 112 Å². The van der Waals surface area contributed by atoms with Crippen molar-refractivity contribution in [1.82, 2.24) is 5.32 Å². The van der Waals surface area contributed by atoms with E-state index in [9.17, 15) is 40.2 Å². The summed E-state index contributed by atoms with van der Waals surface area (Å²) in [6.45, 7) is 1.45. The summed E-state index contributed by atoms with van der Waals surface area (Å²) in [5, 5.41) is 79.7. The zero-order valence-corrected chi connectivity index (χ0v) is 45.0. The highest BCUT2D eigenvalue weighted by molar-refractivity contribution is 5.89. The molecule has 12 bridgehead atoms. The number of hydrogen-bond acceptors (Lipinski definition) is 14. The van der Waals surface area contributed by atoms with Gasteiger partial charge in [0.15, 0.2) is 0 Å². The number of carbonyl (C=O) groups excluding carboxylic acids is 3. The van der Waals surface area contributed by atoms with E-state index in [1.807, 2.05) is 42.5 Å². The Bertz CT molecular complexity index is 2960. The number of ketones is 1. The van der Waals surface area contributed by atoms with Crippen LogP contribution in [0.25, 0.3) is 0 Å². The number of rotatable bonds is 11. The van der Waals surface area contributed by atoms with E-state index in [4.69, 9.17) is 14.2 Å². The third-order valence-corrected chi connectivity index (χ3v) is 19.1. The van der Waals surface area contributed by atoms with Crippen molar-refractivity contribution in [2.24, 2.45) is 41.4 Å². The van der Waals surface area contributed by atoms with Crippen LogP contribution in [0.2, 0.25) is 0 Å². The lowest BCUT2D eigenvalue weighted by atomic mass is 9.42. The summed E-state index contributed by atoms with van der Waals surface area (Å²) in [7, 11) is 3.16. The third-order valence-electron chi connectivity index (χ3n) is 19.1. The lowest BCUT2D eigenvalue weighted by molar-refractivity contribution is -0.239. The number of benzene rings is 3. The number of carbonyl (C=O) groups is 3. The molecule has 11 rings (SSSR count). The standard InChI is InChI=1S/C64H76N2O12/c1-63(74,54(70)33-76-3)34-66-45-25-41(24-42(26-45)53(69)32-65-2)38-16-17-39-31-56(71)78-61-49(39)28-43(60(72)57(61)37-12-5-4-6-13-37)30-55-64(75)51-15-8-7-14-47(51)48-19-18-40-29-52(68)50(58(48)59(40)64)22-36-11-9-10-35(20-36)21-46(67)27-44(23-38)62(73)77-55/h7,9-11,14,18-20,24-28,37-40,46-48,50-51,53-55,58-59,65-67,69-70,72,74-75H,4-6,8,12-13,15,21-23,29-34H2,1-3H3/b44-27-/t38-,39-,40+,46+,47+,48+,50-,51+,53+,54-,55-,58-,59+,63-,64-/m1/s1. The van der Waals surface area contributed by atoms with Crippen molar-refractivity contribution in [3.8, 4) is 23.3 Å². The van der Waals surface area contributed by atoms with Crippen LogP contribution >= 0.6 is 0 Å². The van der Waals surface area contributed by atoms with Gasteiger partial charge in [-0.3, -0.25) is 9.59 Å². The minimum atomic E-state index is -1.72. The fourth-order valence-corrected chi connectivity index (χ4v) is 15.2. The molecule has 0 unspecified atom stereocenters. The summed E-state index contributed by atoms with van der Waals surface area (Å²) in [5.41, 5.74) is 1.64. The fourth-order valence-electron chi connectivity index (χ4n) is 15.2. The molecule has 3 fully saturated rings. The molecule has 15 atom stereocenters. The summed E-state index contributed by atoms with van der Waals surface area (Å²) >= 11 is 0. The monoisotopic (exact) mass is 1060 g/mol. The van der Waals surface area contributed by atoms with Gasteiger partial charge in [0.05, 0.1) is 31.2 Å². The second kappa shape index (κ2) is 22.1. The smallest absolute Gasteiger partial charge is 0.334 e. The quantitative estimate of drug-likeness (QED) is 0.0422. The van der Waals surface area contributed by atoms with Crippen molar-refractivity contribution in [3.05, 3.63) is 123 Å². The molecule has 5 aliphatic carbocycles. The van der Waals surface area contributed by atoms with Gasteiger partial charge in [-0.15, -0.1) is 0 Å². The number of ether oxygens (including phenoxy) is 3. The number of allylic oxidation sites excluding steroid dienone is 4. The first kappa shape index (κ1) is 54.3. The predicted molar refractivity (Wildman–Crippen MR) is 292 cm³/mol. The average molecular weight is 1070 g/mol. The van der Waals surface area contributed by atoms with E-state index in [-0.39, 0.29) is 98.5 Å². The molecule has 3 heterocycles. The zero-order chi connectivity index (χ0) is 54.6. The minimum Gasteiger partial charge on any atom is -0.507 e. The molecule has 3 aliphatic heterocycles. The minimum absolute atomic E-state index is 0.0490. The molecule has 0 spiro atoms. The number of aliphatic hydroxyl groups excluding tert-OH is 3. The van der Waals surface area contributed by atoms with Crippen molar-refractivity contribution < 1.29 is 59.2 Å². The molecule has 14 nitrogen and oxygen atoms in total. The summed E-state index contributed by atoms with van der Waals surface area (Å²) in [5.74, 6) is 2.16. The second-order valence-corrected chi connectivity index (χ2v) is 24.1. The lowest BCUT2D eigenvalue weighted by Gasteiger charge is -2.64. The van der Waals surface area contributed by atoms with Crippen LogP contribution in [-0.2, 0) is 43.1 Å². The highest BCUT2D eigenvalue weighted by Crippen LogP contribution is 2.64. The number of phenols is 1. The molecular formula is C64H76N2O12. The van der Waals surface area contributed by atoms with Gasteiger partial charge in [0.25, 0.3) is 0 Å². The number of hydrogen-bond donors (Lipinski definition) is 8. The van der Waals surface area contributed by atoms with E-state index in [0.717, 1.165) is 43.2 Å². The van der Waals surface area contributed by atoms with Crippen LogP contribution in [0.1, 0.15) is 134 Å². The van der Waals surface area contributed by atoms with Crippen LogP contribution < -0.4 is 15.4 Å². The van der Waals surface area contributed by atoms with E-state index < -0.39 is 77.1 Å². The van der Waals surface area contributed by atoms with Crippen LogP contribution in [0.15, 0.2) is 84.5 Å². The molecule has 0 radical (unpaired) electrons. The van der Waals surface area contributed by atoms with E-state index in [2.05, 4.69) is 46.8 Å². The average Bonchev–Trinajstić information content (AvgIpc) is 3.42. The first-order chi connectivity index (χ1) is 37.5. The van der Waals surface area contributed by atoms with Crippen molar-refractivity contribution in [2.45, 2.75) is 144 Å². The van der Waals surface area contributed by atoms with Crippen molar-refractivity contribution in [1.29, 1.82) is 0 Å². The molecular weight excluding hydrogens is 989 g/mol. The van der Waals surface area contributed by atoms with Gasteiger partial charge in [-0.2, -0.15) is 0 Å². The molecule has 0 saturated heterocycles. The number of likely N-dealkylation sites (N-methyl/N-ethyl adjacent to an activating group) is 1. The van der Waals surface area contributed by atoms with E-state index in [1.54, 1.807) is 13.1 Å². The Kier molecular flexibility index (Phi) is 15.4. The maximum absolute atomic E-state index is 15.9. The summed E-state index contributed by atoms with van der Waals surface area (Å²) in [6.07, 6.45) is 11.8. The molecule has 14 heteroatoms. The molecule has 0 aromatic heterocycles. The molecule has 78 heavy (non-hydrogen) atoms. The number of esters is 2. The Hall–Kier alpha value is -5.63. The van der Waals surface area contributed by atoms with Crippen LogP contribution in [0.3, 0.4) is 0 Å². The summed E-state index contributed by atoms with van der Waals surface area (Å²) in [4.78, 5) is 44.5. The first-order valence-electron chi connectivity index (χ1n) is 28.5. The first-order valence-corrected chi connectivity index (χ1v) is 28.5. The number of methoxy groups -OCH3 is 1. The van der Waals surface area contributed by atoms with Gasteiger partial charge in [-0.05, 0) is 140 Å². The normalized spacial score (nSPS) is 33.6. The van der Waals surface area contributed by atoms with Crippen molar-refractivity contribution in [2.75, 3.05) is 39.2 Å². The van der Waals surface area contributed by atoms with Gasteiger partial charge >= 0.3 is 11.9 Å². The van der Waals surface area contributed by atoms with Gasteiger partial charge < -0.3 is 55.5 Å². The predicted octanol–water partition coefficient (Wildman–Crippen LogP) is 6.94. The Morgan fingerprint density at radius 3 is 2.46 bits per heavy atom. The highest BCUT2D eigenvalue weighted by atomic mass is 16.6. The lowest BCUT2D eigenvalue weighted by Crippen LogP contribution is -2.70. The molecule has 0 amide bonds. The van der Waals surface area contributed by atoms with Crippen molar-refractivity contribution >= 4 is 23.4 Å². The van der Waals surface area contributed by atoms with Gasteiger partial charge in [0.2, 0.25) is 0 Å². The SMILES string of the molecule is CNC[C@H](O)c1cc(NC[C@@](C)(O)[C@H](O)COC)cc([C@@H]2C#C[C@@H]3CC(=O)Oc4c3cc(c(O)c4C3CCCCC3)C[C@H]3OC(=O)/C(=C\[C@@H](O)Cc4cccc(c4)C[C@@H]4C(=O)C[C@@H]5C=C[C@H]6[C@@H]7C=CCC[C@@H]7[C@]3(O)[C@@H]5[C@H]64)C2)c1. The van der Waals surface area contributed by atoms with Gasteiger partial charge in [-0.1, -0.05) is 85.7 Å². The molecule has 3 saturated carbocycles. The van der Waals surface area contributed by atoms with E-state index in [1.165, 1.54) is 20.1 Å². The third kappa shape index (κ3) is 10.3. The zero-order valence-electron chi connectivity index (χ0n) is 45.0. The van der Waals surface area contributed by atoms with Crippen LogP contribution in [0.4, 0.5) is 5.69 Å². The maximum Gasteiger partial charge on any atom is 0.334 e. The number of phenolic OH excluding ortho intramolecular Hbond substituents is 1. The Labute approximate surface area is 457 Å². The topological polar surface area (TPSA) is 224 Å².